The Kier molecular flexibility index (Phi) is 3.21. The molecule has 102 valence electrons. The van der Waals surface area contributed by atoms with Crippen molar-refractivity contribution < 1.29 is 5.11 Å². The van der Waals surface area contributed by atoms with Gasteiger partial charge in [0.1, 0.15) is 0 Å². The number of benzene rings is 1. The lowest BCUT2D eigenvalue weighted by Crippen LogP contribution is -2.15. The third-order valence-corrected chi connectivity index (χ3v) is 4.47. The Labute approximate surface area is 132 Å². The number of aromatic amines is 1. The number of aryl methyl sites for hydroxylation is 1. The molecule has 20 heavy (non-hydrogen) atoms. The number of nitrogens with one attached hydrogen (secondary N) is 1. The monoisotopic (exact) mass is 401 g/mol. The molecule has 0 fully saturated rings. The average molecular weight is 402 g/mol. The Morgan fingerprint density at radius 2 is 2.20 bits per heavy atom. The first-order chi connectivity index (χ1) is 9.47. The van der Waals surface area contributed by atoms with E-state index in [9.17, 15) is 9.90 Å². The first-order valence-corrected chi connectivity index (χ1v) is 7.18. The highest BCUT2D eigenvalue weighted by atomic mass is 127. The molecule has 0 spiro atoms. The molecule has 2 heterocycles. The first kappa shape index (κ1) is 13.4. The maximum absolute atomic E-state index is 12.1. The van der Waals surface area contributed by atoms with Gasteiger partial charge in [-0.2, -0.15) is 5.10 Å². The first-order valence-electron chi connectivity index (χ1n) is 5.73. The van der Waals surface area contributed by atoms with Crippen LogP contribution in [0.2, 0.25) is 5.02 Å². The van der Waals surface area contributed by atoms with Gasteiger partial charge in [-0.3, -0.25) is 4.79 Å². The molecule has 3 rings (SSSR count). The third kappa shape index (κ3) is 2.08. The zero-order valence-electron chi connectivity index (χ0n) is 10.3. The highest BCUT2D eigenvalue weighted by Gasteiger charge is 2.15. The second kappa shape index (κ2) is 4.78. The number of rotatable bonds is 1. The van der Waals surface area contributed by atoms with Crippen molar-refractivity contribution in [3.8, 4) is 11.4 Å². The van der Waals surface area contributed by atoms with Gasteiger partial charge in [-0.1, -0.05) is 11.6 Å². The van der Waals surface area contributed by atoms with Gasteiger partial charge in [0.15, 0.2) is 11.4 Å². The van der Waals surface area contributed by atoms with Crippen LogP contribution in [0.5, 0.6) is 5.75 Å². The molecule has 0 saturated carbocycles. The lowest BCUT2D eigenvalue weighted by molar-refractivity contribution is 0.475. The van der Waals surface area contributed by atoms with Gasteiger partial charge in [-0.25, -0.2) is 4.68 Å². The van der Waals surface area contributed by atoms with Crippen LogP contribution in [0.25, 0.3) is 16.6 Å². The summed E-state index contributed by atoms with van der Waals surface area (Å²) in [6.45, 7) is 1.86. The van der Waals surface area contributed by atoms with Gasteiger partial charge >= 0.3 is 0 Å². The number of halogens is 2. The summed E-state index contributed by atoms with van der Waals surface area (Å²) >= 11 is 8.09. The average Bonchev–Trinajstić information content (AvgIpc) is 2.79. The van der Waals surface area contributed by atoms with Gasteiger partial charge in [0, 0.05) is 15.2 Å². The Bertz CT molecular complexity index is 885. The van der Waals surface area contributed by atoms with Gasteiger partial charge < -0.3 is 10.1 Å². The van der Waals surface area contributed by atoms with Crippen LogP contribution in [0.15, 0.2) is 29.3 Å². The number of pyridine rings is 1. The molecule has 2 N–H and O–H groups in total. The molecule has 1 aromatic carbocycles. The van der Waals surface area contributed by atoms with E-state index < -0.39 is 5.56 Å². The van der Waals surface area contributed by atoms with Gasteiger partial charge in [-0.15, -0.1) is 0 Å². The zero-order valence-corrected chi connectivity index (χ0v) is 13.2. The molecule has 2 aromatic heterocycles. The molecule has 0 bridgehead atoms. The smallest absolute Gasteiger partial charge is 0.278 e. The van der Waals surface area contributed by atoms with E-state index in [1.54, 1.807) is 24.5 Å². The van der Waals surface area contributed by atoms with Crippen molar-refractivity contribution in [1.82, 2.24) is 14.8 Å². The van der Waals surface area contributed by atoms with Crippen molar-refractivity contribution in [3.05, 3.63) is 49.0 Å². The fraction of sp³-hybridized carbons (Fsp3) is 0.0769. The summed E-state index contributed by atoms with van der Waals surface area (Å²) in [6, 6.07) is 3.35. The molecule has 3 aromatic rings. The molecule has 0 radical (unpaired) electrons. The molecule has 7 heteroatoms. The van der Waals surface area contributed by atoms with Crippen molar-refractivity contribution in [2.24, 2.45) is 0 Å². The van der Waals surface area contributed by atoms with Crippen molar-refractivity contribution in [2.75, 3.05) is 0 Å². The largest absolute Gasteiger partial charge is 0.505 e. The van der Waals surface area contributed by atoms with Gasteiger partial charge in [-0.05, 0) is 47.2 Å². The predicted octanol–water partition coefficient (Wildman–Crippen LogP) is 2.99. The number of nitrogens with zero attached hydrogens (tertiary/aromatic N) is 2. The molecule has 0 aliphatic rings. The second-order valence-corrected chi connectivity index (χ2v) is 5.99. The van der Waals surface area contributed by atoms with E-state index >= 15 is 0 Å². The summed E-state index contributed by atoms with van der Waals surface area (Å²) in [5, 5.41) is 15.5. The van der Waals surface area contributed by atoms with Crippen molar-refractivity contribution >= 4 is 45.1 Å². The lowest BCUT2D eigenvalue weighted by atomic mass is 10.2. The van der Waals surface area contributed by atoms with Crippen LogP contribution in [-0.4, -0.2) is 19.9 Å². The second-order valence-electron chi connectivity index (χ2n) is 4.43. The van der Waals surface area contributed by atoms with E-state index in [1.807, 2.05) is 6.92 Å². The Hall–Kier alpha value is -1.54. The SMILES string of the molecule is Cc1cnn(-c2c(O)c3cc(I)c(Cl)cc3[nH]c2=O)c1. The molecule has 0 unspecified atom stereocenters. The number of hydrogen-bond acceptors (Lipinski definition) is 3. The van der Waals surface area contributed by atoms with Crippen LogP contribution in [0, 0.1) is 10.5 Å². The summed E-state index contributed by atoms with van der Waals surface area (Å²) < 4.78 is 2.16. The number of aromatic nitrogens is 3. The molecule has 0 amide bonds. The fourth-order valence-electron chi connectivity index (χ4n) is 2.01. The highest BCUT2D eigenvalue weighted by molar-refractivity contribution is 14.1. The topological polar surface area (TPSA) is 70.9 Å². The third-order valence-electron chi connectivity index (χ3n) is 2.94. The van der Waals surface area contributed by atoms with Crippen LogP contribution in [-0.2, 0) is 0 Å². The molecule has 0 aliphatic heterocycles. The van der Waals surface area contributed by atoms with Gasteiger partial charge in [0.25, 0.3) is 5.56 Å². The van der Waals surface area contributed by atoms with E-state index in [1.165, 1.54) is 4.68 Å². The van der Waals surface area contributed by atoms with E-state index in [0.717, 1.165) is 9.13 Å². The quantitative estimate of drug-likeness (QED) is 0.616. The van der Waals surface area contributed by atoms with Crippen LogP contribution < -0.4 is 5.56 Å². The van der Waals surface area contributed by atoms with Crippen molar-refractivity contribution in [3.63, 3.8) is 0 Å². The minimum absolute atomic E-state index is 0.101. The molecule has 5 nitrogen and oxygen atoms in total. The van der Waals surface area contributed by atoms with Crippen LogP contribution in [0.4, 0.5) is 0 Å². The normalized spacial score (nSPS) is 11.2. The Balaban J connectivity index is 2.40. The minimum atomic E-state index is -0.421. The maximum atomic E-state index is 12.1. The van der Waals surface area contributed by atoms with Crippen molar-refractivity contribution in [1.29, 1.82) is 0 Å². The number of fused-ring (bicyclic) bond motifs is 1. The summed E-state index contributed by atoms with van der Waals surface area (Å²) in [5.41, 5.74) is 1.07. The maximum Gasteiger partial charge on any atom is 0.278 e. The van der Waals surface area contributed by atoms with Crippen LogP contribution in [0.3, 0.4) is 0 Å². The Morgan fingerprint density at radius 1 is 1.45 bits per heavy atom. The summed E-state index contributed by atoms with van der Waals surface area (Å²) in [4.78, 5) is 14.8. The number of aromatic hydroxyl groups is 1. The summed E-state index contributed by atoms with van der Waals surface area (Å²) in [5.74, 6) is -0.110. The van der Waals surface area contributed by atoms with Gasteiger partial charge in [0.05, 0.1) is 16.7 Å². The number of hydrogen-bond donors (Lipinski definition) is 2. The summed E-state index contributed by atoms with van der Waals surface area (Å²) in [7, 11) is 0. The fourth-order valence-corrected chi connectivity index (χ4v) is 2.64. The van der Waals surface area contributed by atoms with Gasteiger partial charge in [0.2, 0.25) is 0 Å². The van der Waals surface area contributed by atoms with E-state index in [4.69, 9.17) is 11.6 Å². The highest BCUT2D eigenvalue weighted by Crippen LogP contribution is 2.31. The van der Waals surface area contributed by atoms with E-state index in [-0.39, 0.29) is 11.4 Å². The standard InChI is InChI=1S/C13H9ClIN3O2/c1-6-4-16-18(5-6)11-12(19)7-2-9(15)8(14)3-10(7)17-13(11)20/h2-5H,1H3,(H2,17,19,20). The molecule has 0 aliphatic carbocycles. The van der Waals surface area contributed by atoms with E-state index in [0.29, 0.717) is 15.9 Å². The molecular formula is C13H9ClIN3O2. The number of H-pyrrole nitrogens is 1. The molecule has 0 atom stereocenters. The predicted molar refractivity (Wildman–Crippen MR) is 85.8 cm³/mol. The van der Waals surface area contributed by atoms with E-state index in [2.05, 4.69) is 32.7 Å². The summed E-state index contributed by atoms with van der Waals surface area (Å²) in [6.07, 6.45) is 3.30. The van der Waals surface area contributed by atoms with Crippen molar-refractivity contribution in [2.45, 2.75) is 6.92 Å². The van der Waals surface area contributed by atoms with Crippen LogP contribution in [0.1, 0.15) is 5.56 Å². The van der Waals surface area contributed by atoms with Crippen LogP contribution >= 0.6 is 34.2 Å². The zero-order chi connectivity index (χ0) is 14.4. The molecular weight excluding hydrogens is 393 g/mol. The lowest BCUT2D eigenvalue weighted by Gasteiger charge is -2.08. The minimum Gasteiger partial charge on any atom is -0.505 e. The Morgan fingerprint density at radius 3 is 2.85 bits per heavy atom. The molecule has 0 saturated heterocycles.